The van der Waals surface area contributed by atoms with E-state index in [9.17, 15) is 15.3 Å². The van der Waals surface area contributed by atoms with E-state index in [4.69, 9.17) is 0 Å². The molecule has 0 aromatic rings. The van der Waals surface area contributed by atoms with Gasteiger partial charge in [0.05, 0.1) is 17.8 Å². The van der Waals surface area contributed by atoms with E-state index in [1.54, 1.807) is 5.57 Å². The molecule has 0 heterocycles. The van der Waals surface area contributed by atoms with Crippen molar-refractivity contribution >= 4 is 0 Å². The Balaban J connectivity index is 1.64. The van der Waals surface area contributed by atoms with E-state index in [0.717, 1.165) is 31.6 Å². The van der Waals surface area contributed by atoms with Crippen molar-refractivity contribution < 1.29 is 15.3 Å². The Hall–Kier alpha value is -0.640. The van der Waals surface area contributed by atoms with Gasteiger partial charge >= 0.3 is 0 Å². The van der Waals surface area contributed by atoms with Crippen LogP contribution in [0.25, 0.3) is 0 Å². The van der Waals surface area contributed by atoms with Gasteiger partial charge in [-0.15, -0.1) is 0 Å². The molecule has 3 aliphatic carbocycles. The molecule has 6 atom stereocenters. The summed E-state index contributed by atoms with van der Waals surface area (Å²) in [5, 5.41) is 31.2. The van der Waals surface area contributed by atoms with E-state index in [1.807, 2.05) is 6.92 Å². The molecule has 0 aliphatic heterocycles. The van der Waals surface area contributed by atoms with Gasteiger partial charge in [0.25, 0.3) is 0 Å². The lowest BCUT2D eigenvalue weighted by molar-refractivity contribution is 0.00404. The molecule has 0 aromatic carbocycles. The smallest absolute Gasteiger partial charge is 0.0642 e. The van der Waals surface area contributed by atoms with E-state index in [0.29, 0.717) is 30.1 Å². The molecule has 3 fully saturated rings. The quantitative estimate of drug-likeness (QED) is 0.395. The number of rotatable bonds is 8. The van der Waals surface area contributed by atoms with Crippen LogP contribution in [0.4, 0.5) is 0 Å². The second-order valence-electron chi connectivity index (χ2n) is 11.9. The van der Waals surface area contributed by atoms with Gasteiger partial charge in [0.15, 0.2) is 0 Å². The third-order valence-corrected chi connectivity index (χ3v) is 10.0. The minimum Gasteiger partial charge on any atom is -0.392 e. The van der Waals surface area contributed by atoms with Gasteiger partial charge in [-0.1, -0.05) is 70.8 Å². The Morgan fingerprint density at radius 2 is 1.75 bits per heavy atom. The van der Waals surface area contributed by atoms with E-state index < -0.39 is 17.8 Å². The molecule has 0 aromatic heterocycles. The molecule has 0 bridgehead atoms. The highest BCUT2D eigenvalue weighted by Gasteiger charge is 2.50. The number of fused-ring (bicyclic) bond motifs is 1. The molecule has 32 heavy (non-hydrogen) atoms. The molecule has 0 amide bonds. The van der Waals surface area contributed by atoms with Crippen molar-refractivity contribution in [1.29, 1.82) is 0 Å². The molecule has 1 unspecified atom stereocenters. The zero-order chi connectivity index (χ0) is 23.5. The molecule has 0 spiro atoms. The predicted molar refractivity (Wildman–Crippen MR) is 133 cm³/mol. The van der Waals surface area contributed by atoms with Gasteiger partial charge in [0, 0.05) is 5.92 Å². The zero-order valence-electron chi connectivity index (χ0n) is 21.4. The summed E-state index contributed by atoms with van der Waals surface area (Å²) in [6.45, 7) is 11.2. The molecule has 3 aliphatic rings. The molecule has 3 nitrogen and oxygen atoms in total. The summed E-state index contributed by atoms with van der Waals surface area (Å²) >= 11 is 0. The molecule has 0 radical (unpaired) electrons. The van der Waals surface area contributed by atoms with Crippen LogP contribution in [0.1, 0.15) is 112 Å². The monoisotopic (exact) mass is 446 g/mol. The van der Waals surface area contributed by atoms with Crippen molar-refractivity contribution in [3.05, 3.63) is 23.3 Å². The number of hydrogen-bond donors (Lipinski definition) is 3. The first-order valence-electron chi connectivity index (χ1n) is 13.6. The Kier molecular flexibility index (Phi) is 8.72. The van der Waals surface area contributed by atoms with Gasteiger partial charge in [-0.05, 0) is 87.4 Å². The fourth-order valence-electron chi connectivity index (χ4n) is 7.38. The Morgan fingerprint density at radius 1 is 1.09 bits per heavy atom. The highest BCUT2D eigenvalue weighted by atomic mass is 16.3. The summed E-state index contributed by atoms with van der Waals surface area (Å²) in [4.78, 5) is 0. The number of hydrogen-bond acceptors (Lipinski definition) is 3. The van der Waals surface area contributed by atoms with Crippen LogP contribution >= 0.6 is 0 Å². The van der Waals surface area contributed by atoms with Crippen molar-refractivity contribution in [3.63, 3.8) is 0 Å². The molecule has 3 rings (SSSR count). The summed E-state index contributed by atoms with van der Waals surface area (Å²) in [6.07, 6.45) is 16.6. The van der Waals surface area contributed by atoms with Crippen LogP contribution in [0.2, 0.25) is 0 Å². The predicted octanol–water partition coefficient (Wildman–Crippen LogP) is 6.56. The third kappa shape index (κ3) is 5.53. The summed E-state index contributed by atoms with van der Waals surface area (Å²) in [5.74, 6) is 2.15. The van der Waals surface area contributed by atoms with Crippen molar-refractivity contribution in [1.82, 2.24) is 0 Å². The third-order valence-electron chi connectivity index (χ3n) is 10.0. The summed E-state index contributed by atoms with van der Waals surface area (Å²) < 4.78 is 0. The first-order chi connectivity index (χ1) is 15.1. The minimum absolute atomic E-state index is 0.0273. The SMILES string of the molecule is CCC(O)(CC)CCC[C@H](C)C1CC[C@H]2/C(=C/C=C3C[C@@H](O)C(C)[C@H](O)C3)CCC[C@]12C. The van der Waals surface area contributed by atoms with Gasteiger partial charge in [0.1, 0.15) is 0 Å². The number of allylic oxidation sites excluding steroid dienone is 3. The molecule has 0 saturated heterocycles. The fraction of sp³-hybridized carbons (Fsp3) is 0.862. The summed E-state index contributed by atoms with van der Waals surface area (Å²) in [7, 11) is 0. The number of aliphatic hydroxyl groups excluding tert-OH is 2. The summed E-state index contributed by atoms with van der Waals surface area (Å²) in [6, 6.07) is 0. The van der Waals surface area contributed by atoms with Crippen molar-refractivity contribution in [2.45, 2.75) is 129 Å². The van der Waals surface area contributed by atoms with E-state index >= 15 is 0 Å². The minimum atomic E-state index is -0.464. The van der Waals surface area contributed by atoms with Gasteiger partial charge in [-0.3, -0.25) is 0 Å². The van der Waals surface area contributed by atoms with Crippen LogP contribution in [0.5, 0.6) is 0 Å². The van der Waals surface area contributed by atoms with Crippen LogP contribution in [-0.4, -0.2) is 33.1 Å². The maximum atomic E-state index is 10.6. The largest absolute Gasteiger partial charge is 0.392 e. The van der Waals surface area contributed by atoms with Gasteiger partial charge in [-0.25, -0.2) is 0 Å². The lowest BCUT2D eigenvalue weighted by Crippen LogP contribution is -2.36. The Bertz CT molecular complexity index is 662. The lowest BCUT2D eigenvalue weighted by atomic mass is 9.60. The van der Waals surface area contributed by atoms with Crippen LogP contribution in [0.3, 0.4) is 0 Å². The second kappa shape index (κ2) is 10.7. The molecule has 3 heteroatoms. The van der Waals surface area contributed by atoms with E-state index in [1.165, 1.54) is 44.1 Å². The van der Waals surface area contributed by atoms with Gasteiger partial charge < -0.3 is 15.3 Å². The van der Waals surface area contributed by atoms with Crippen molar-refractivity contribution in [2.24, 2.45) is 29.1 Å². The highest BCUT2D eigenvalue weighted by Crippen LogP contribution is 2.60. The molecule has 3 N–H and O–H groups in total. The van der Waals surface area contributed by atoms with Crippen LogP contribution in [0.15, 0.2) is 23.3 Å². The Labute approximate surface area is 197 Å². The van der Waals surface area contributed by atoms with Crippen LogP contribution in [-0.2, 0) is 0 Å². The molecule has 184 valence electrons. The lowest BCUT2D eigenvalue weighted by Gasteiger charge is -2.44. The van der Waals surface area contributed by atoms with Crippen molar-refractivity contribution in [3.8, 4) is 0 Å². The van der Waals surface area contributed by atoms with E-state index in [2.05, 4.69) is 39.8 Å². The normalized spacial score (nSPS) is 38.1. The zero-order valence-corrected chi connectivity index (χ0v) is 21.4. The molecule has 3 saturated carbocycles. The van der Waals surface area contributed by atoms with Gasteiger partial charge in [0.2, 0.25) is 0 Å². The topological polar surface area (TPSA) is 60.7 Å². The van der Waals surface area contributed by atoms with Crippen molar-refractivity contribution in [2.75, 3.05) is 0 Å². The summed E-state index contributed by atoms with van der Waals surface area (Å²) in [5.41, 5.74) is 2.74. The average molecular weight is 447 g/mol. The maximum absolute atomic E-state index is 10.6. The molecular weight excluding hydrogens is 396 g/mol. The van der Waals surface area contributed by atoms with Crippen LogP contribution in [0, 0.1) is 29.1 Å². The highest BCUT2D eigenvalue weighted by molar-refractivity contribution is 5.26. The Morgan fingerprint density at radius 3 is 2.38 bits per heavy atom. The van der Waals surface area contributed by atoms with E-state index in [-0.39, 0.29) is 5.92 Å². The van der Waals surface area contributed by atoms with Crippen LogP contribution < -0.4 is 0 Å². The standard InChI is InChI=1S/C29H50O3/c1-6-29(32,7-2)17-8-10-20(3)24-14-15-25-23(11-9-16-28(24,25)5)13-12-22-18-26(30)21(4)27(31)19-22/h12-13,20-21,24-27,30-32H,6-11,14-19H2,1-5H3/b22-12?,23-13+/t20-,21?,24?,25-,26+,27+,28+/m0/s1. The number of aliphatic hydroxyl groups is 3. The molecular formula is C29H50O3. The average Bonchev–Trinajstić information content (AvgIpc) is 3.13. The second-order valence-corrected chi connectivity index (χ2v) is 11.9. The maximum Gasteiger partial charge on any atom is 0.0642 e. The van der Waals surface area contributed by atoms with Gasteiger partial charge in [-0.2, -0.15) is 0 Å². The first-order valence-corrected chi connectivity index (χ1v) is 13.6. The fourth-order valence-corrected chi connectivity index (χ4v) is 7.38. The first kappa shape index (κ1) is 26.0.